The Kier molecular flexibility index (Phi) is 5.70. The van der Waals surface area contributed by atoms with Gasteiger partial charge in [-0.2, -0.15) is 0 Å². The summed E-state index contributed by atoms with van der Waals surface area (Å²) >= 11 is 0. The number of amides is 2. The fraction of sp³-hybridized carbons (Fsp3) is 0.556. The Bertz CT molecular complexity index is 568. The summed E-state index contributed by atoms with van der Waals surface area (Å²) in [4.78, 5) is 27.7. The molecule has 1 aromatic rings. The Hall–Kier alpha value is -2.24. The van der Waals surface area contributed by atoms with Gasteiger partial charge in [-0.15, -0.1) is 0 Å². The summed E-state index contributed by atoms with van der Waals surface area (Å²) in [6, 6.07) is 9.45. The second-order valence-corrected chi connectivity index (χ2v) is 7.01. The molecule has 6 heteroatoms. The minimum absolute atomic E-state index is 0.116. The first-order valence-corrected chi connectivity index (χ1v) is 8.21. The highest BCUT2D eigenvalue weighted by molar-refractivity contribution is 5.71. The second-order valence-electron chi connectivity index (χ2n) is 7.01. The third kappa shape index (κ3) is 5.15. The number of carbonyl (C=O) groups excluding carboxylic acids is 2. The van der Waals surface area contributed by atoms with E-state index in [1.165, 1.54) is 0 Å². The third-order valence-corrected chi connectivity index (χ3v) is 3.72. The van der Waals surface area contributed by atoms with Crippen LogP contribution >= 0.6 is 0 Å². The molecule has 0 unspecified atom stereocenters. The van der Waals surface area contributed by atoms with Crippen molar-refractivity contribution in [3.05, 3.63) is 35.9 Å². The zero-order valence-corrected chi connectivity index (χ0v) is 14.8. The number of ether oxygens (including phenoxy) is 2. The highest BCUT2D eigenvalue weighted by Crippen LogP contribution is 2.16. The molecule has 0 bridgehead atoms. The van der Waals surface area contributed by atoms with E-state index in [9.17, 15) is 9.59 Å². The van der Waals surface area contributed by atoms with Crippen molar-refractivity contribution in [1.29, 1.82) is 0 Å². The van der Waals surface area contributed by atoms with E-state index in [4.69, 9.17) is 9.47 Å². The van der Waals surface area contributed by atoms with Gasteiger partial charge in [0.05, 0.1) is 6.04 Å². The SMILES string of the molecule is C[C@H]1CN(C(=O)OC(C)(C)C)CCN1C(=O)OCc1ccccc1. The van der Waals surface area contributed by atoms with Crippen LogP contribution in [0.1, 0.15) is 33.3 Å². The van der Waals surface area contributed by atoms with Crippen LogP contribution in [0.3, 0.4) is 0 Å². The Balaban J connectivity index is 1.84. The summed E-state index contributed by atoms with van der Waals surface area (Å²) in [7, 11) is 0. The quantitative estimate of drug-likeness (QED) is 0.833. The van der Waals surface area contributed by atoms with Gasteiger partial charge < -0.3 is 19.3 Å². The number of carbonyl (C=O) groups is 2. The van der Waals surface area contributed by atoms with Crippen molar-refractivity contribution in [2.75, 3.05) is 19.6 Å². The molecule has 0 saturated carbocycles. The summed E-state index contributed by atoms with van der Waals surface area (Å²) in [5.41, 5.74) is 0.428. The van der Waals surface area contributed by atoms with Crippen molar-refractivity contribution >= 4 is 12.2 Å². The molecule has 1 fully saturated rings. The smallest absolute Gasteiger partial charge is 0.410 e. The van der Waals surface area contributed by atoms with Crippen LogP contribution in [0.5, 0.6) is 0 Å². The Morgan fingerprint density at radius 1 is 1.12 bits per heavy atom. The highest BCUT2D eigenvalue weighted by atomic mass is 16.6. The first kappa shape index (κ1) is 18.1. The van der Waals surface area contributed by atoms with Gasteiger partial charge in [-0.3, -0.25) is 0 Å². The van der Waals surface area contributed by atoms with E-state index in [0.717, 1.165) is 5.56 Å². The molecule has 0 spiro atoms. The number of hydrogen-bond donors (Lipinski definition) is 0. The van der Waals surface area contributed by atoms with Gasteiger partial charge in [0.15, 0.2) is 0 Å². The van der Waals surface area contributed by atoms with Crippen LogP contribution in [0.25, 0.3) is 0 Å². The predicted molar refractivity (Wildman–Crippen MR) is 90.6 cm³/mol. The minimum Gasteiger partial charge on any atom is -0.445 e. The van der Waals surface area contributed by atoms with Gasteiger partial charge in [0.25, 0.3) is 0 Å². The predicted octanol–water partition coefficient (Wildman–Crippen LogP) is 3.26. The summed E-state index contributed by atoms with van der Waals surface area (Å²) in [6.07, 6.45) is -0.693. The molecule has 1 atom stereocenters. The molecule has 132 valence electrons. The average Bonchev–Trinajstić information content (AvgIpc) is 2.52. The van der Waals surface area contributed by atoms with Crippen molar-refractivity contribution in [2.24, 2.45) is 0 Å². The lowest BCUT2D eigenvalue weighted by molar-refractivity contribution is 0.00329. The lowest BCUT2D eigenvalue weighted by atomic mass is 10.2. The summed E-state index contributed by atoms with van der Waals surface area (Å²) in [5, 5.41) is 0. The lowest BCUT2D eigenvalue weighted by Crippen LogP contribution is -2.56. The van der Waals surface area contributed by atoms with Gasteiger partial charge in [-0.05, 0) is 33.3 Å². The zero-order valence-electron chi connectivity index (χ0n) is 14.8. The molecule has 6 nitrogen and oxygen atoms in total. The maximum Gasteiger partial charge on any atom is 0.410 e. The van der Waals surface area contributed by atoms with Crippen LogP contribution in [0.4, 0.5) is 9.59 Å². The van der Waals surface area contributed by atoms with Crippen LogP contribution in [-0.4, -0.2) is 53.3 Å². The van der Waals surface area contributed by atoms with Gasteiger partial charge in [-0.25, -0.2) is 9.59 Å². The topological polar surface area (TPSA) is 59.1 Å². The average molecular weight is 334 g/mol. The van der Waals surface area contributed by atoms with E-state index >= 15 is 0 Å². The zero-order chi connectivity index (χ0) is 17.7. The normalized spacial score (nSPS) is 18.2. The van der Waals surface area contributed by atoms with Crippen molar-refractivity contribution in [1.82, 2.24) is 9.80 Å². The van der Waals surface area contributed by atoms with Crippen molar-refractivity contribution < 1.29 is 19.1 Å². The Morgan fingerprint density at radius 3 is 2.38 bits per heavy atom. The molecular weight excluding hydrogens is 308 g/mol. The molecular formula is C18H26N2O4. The highest BCUT2D eigenvalue weighted by Gasteiger charge is 2.32. The van der Waals surface area contributed by atoms with Gasteiger partial charge >= 0.3 is 12.2 Å². The van der Waals surface area contributed by atoms with Gasteiger partial charge in [-0.1, -0.05) is 30.3 Å². The summed E-state index contributed by atoms with van der Waals surface area (Å²) in [6.45, 7) is 8.99. The fourth-order valence-corrected chi connectivity index (χ4v) is 2.52. The molecule has 1 aromatic carbocycles. The van der Waals surface area contributed by atoms with Crippen molar-refractivity contribution in [3.8, 4) is 0 Å². The Morgan fingerprint density at radius 2 is 1.79 bits per heavy atom. The first-order valence-electron chi connectivity index (χ1n) is 8.21. The molecule has 1 aliphatic rings. The van der Waals surface area contributed by atoms with Crippen molar-refractivity contribution in [2.45, 2.75) is 45.9 Å². The number of piperazine rings is 1. The van der Waals surface area contributed by atoms with E-state index in [1.807, 2.05) is 58.0 Å². The van der Waals surface area contributed by atoms with Gasteiger partial charge in [0.1, 0.15) is 12.2 Å². The van der Waals surface area contributed by atoms with Crippen LogP contribution in [-0.2, 0) is 16.1 Å². The monoisotopic (exact) mass is 334 g/mol. The van der Waals surface area contributed by atoms with Crippen LogP contribution in [0.2, 0.25) is 0 Å². The molecule has 0 N–H and O–H groups in total. The van der Waals surface area contributed by atoms with E-state index in [0.29, 0.717) is 19.6 Å². The fourth-order valence-electron chi connectivity index (χ4n) is 2.52. The van der Waals surface area contributed by atoms with Crippen LogP contribution in [0.15, 0.2) is 30.3 Å². The molecule has 0 aromatic heterocycles. The minimum atomic E-state index is -0.522. The van der Waals surface area contributed by atoms with Gasteiger partial charge in [0, 0.05) is 19.6 Å². The van der Waals surface area contributed by atoms with E-state index in [-0.39, 0.29) is 24.8 Å². The second kappa shape index (κ2) is 7.55. The Labute approximate surface area is 143 Å². The lowest BCUT2D eigenvalue weighted by Gasteiger charge is -2.39. The number of hydrogen-bond acceptors (Lipinski definition) is 4. The summed E-state index contributed by atoms with van der Waals surface area (Å²) in [5.74, 6) is 0. The van der Waals surface area contributed by atoms with E-state index < -0.39 is 5.60 Å². The number of rotatable bonds is 2. The van der Waals surface area contributed by atoms with Crippen molar-refractivity contribution in [3.63, 3.8) is 0 Å². The molecule has 2 rings (SSSR count). The third-order valence-electron chi connectivity index (χ3n) is 3.72. The van der Waals surface area contributed by atoms with Gasteiger partial charge in [0.2, 0.25) is 0 Å². The molecule has 1 saturated heterocycles. The molecule has 1 heterocycles. The van der Waals surface area contributed by atoms with Crippen LogP contribution in [0, 0.1) is 0 Å². The summed E-state index contributed by atoms with van der Waals surface area (Å²) < 4.78 is 10.7. The maximum atomic E-state index is 12.3. The number of benzene rings is 1. The molecule has 1 aliphatic heterocycles. The van der Waals surface area contributed by atoms with Crippen LogP contribution < -0.4 is 0 Å². The number of nitrogens with zero attached hydrogens (tertiary/aromatic N) is 2. The molecule has 0 aliphatic carbocycles. The first-order chi connectivity index (χ1) is 11.3. The molecule has 2 amide bonds. The maximum absolute atomic E-state index is 12.3. The van der Waals surface area contributed by atoms with E-state index in [1.54, 1.807) is 9.80 Å². The van der Waals surface area contributed by atoms with E-state index in [2.05, 4.69) is 0 Å². The standard InChI is InChI=1S/C18H26N2O4/c1-14-12-19(16(21)24-18(2,3)4)10-11-20(14)17(22)23-13-15-8-6-5-7-9-15/h5-9,14H,10-13H2,1-4H3/t14-/m0/s1. The largest absolute Gasteiger partial charge is 0.445 e. The molecule has 0 radical (unpaired) electrons. The molecule has 24 heavy (non-hydrogen) atoms.